The van der Waals surface area contributed by atoms with Crippen LogP contribution in [0.3, 0.4) is 0 Å². The molecule has 0 saturated carbocycles. The lowest BCUT2D eigenvalue weighted by atomic mass is 10.1. The highest BCUT2D eigenvalue weighted by Gasteiger charge is 2.42. The minimum atomic E-state index is -0.612. The first-order valence-corrected chi connectivity index (χ1v) is 10.4. The predicted molar refractivity (Wildman–Crippen MR) is 115 cm³/mol. The Bertz CT molecular complexity index is 1100. The quantitative estimate of drug-likeness (QED) is 0.707. The molecule has 2 atom stereocenters. The van der Waals surface area contributed by atoms with E-state index in [0.29, 0.717) is 12.5 Å². The van der Waals surface area contributed by atoms with Crippen LogP contribution in [-0.4, -0.2) is 40.6 Å². The highest BCUT2D eigenvalue weighted by molar-refractivity contribution is 6.05. The monoisotopic (exact) mass is 404 g/mol. The van der Waals surface area contributed by atoms with Gasteiger partial charge in [-0.15, -0.1) is 0 Å². The number of para-hydroxylation sites is 2. The summed E-state index contributed by atoms with van der Waals surface area (Å²) in [6.07, 6.45) is 2.01. The van der Waals surface area contributed by atoms with E-state index in [1.165, 1.54) is 0 Å². The van der Waals surface area contributed by atoms with Crippen molar-refractivity contribution < 1.29 is 14.3 Å². The number of fused-ring (bicyclic) bond motifs is 3. The number of hydrogen-bond donors (Lipinski definition) is 1. The Labute approximate surface area is 174 Å². The van der Waals surface area contributed by atoms with Gasteiger partial charge in [-0.2, -0.15) is 0 Å². The Morgan fingerprint density at radius 1 is 1.20 bits per heavy atom. The number of nitrogens with one attached hydrogen (secondary N) is 1. The fraction of sp³-hybridized carbons (Fsp3) is 0.348. The van der Waals surface area contributed by atoms with Crippen LogP contribution < -0.4 is 10.2 Å². The van der Waals surface area contributed by atoms with Gasteiger partial charge < -0.3 is 10.1 Å². The second kappa shape index (κ2) is 7.57. The lowest BCUT2D eigenvalue weighted by Crippen LogP contribution is -2.37. The molecule has 1 saturated heterocycles. The average molecular weight is 404 g/mol. The first-order valence-electron chi connectivity index (χ1n) is 10.4. The van der Waals surface area contributed by atoms with Crippen molar-refractivity contribution in [3.63, 3.8) is 0 Å². The van der Waals surface area contributed by atoms with Gasteiger partial charge in [0.25, 0.3) is 5.91 Å². The summed E-state index contributed by atoms with van der Waals surface area (Å²) in [5.74, 6) is 0.308. The largest absolute Gasteiger partial charge is 0.376 e. The predicted octanol–water partition coefficient (Wildman–Crippen LogP) is 3.44. The highest BCUT2D eigenvalue weighted by Crippen LogP contribution is 2.37. The summed E-state index contributed by atoms with van der Waals surface area (Å²) < 4.78 is 7.65. The molecule has 0 bridgehead atoms. The Kier molecular flexibility index (Phi) is 4.75. The third kappa shape index (κ3) is 3.35. The third-order valence-electron chi connectivity index (χ3n) is 5.81. The zero-order chi connectivity index (χ0) is 20.7. The van der Waals surface area contributed by atoms with Crippen LogP contribution in [0.5, 0.6) is 0 Å². The van der Waals surface area contributed by atoms with Gasteiger partial charge in [-0.1, -0.05) is 29.8 Å². The van der Waals surface area contributed by atoms with E-state index in [0.717, 1.165) is 41.7 Å². The van der Waals surface area contributed by atoms with Gasteiger partial charge >= 0.3 is 0 Å². The molecule has 0 spiro atoms. The average Bonchev–Trinajstić information content (AvgIpc) is 3.44. The lowest BCUT2D eigenvalue weighted by Gasteiger charge is -2.19. The van der Waals surface area contributed by atoms with E-state index in [4.69, 9.17) is 9.72 Å². The van der Waals surface area contributed by atoms with Crippen LogP contribution in [0, 0.1) is 6.92 Å². The molecule has 1 N–H and O–H groups in total. The molecule has 2 unspecified atom stereocenters. The zero-order valence-electron chi connectivity index (χ0n) is 16.9. The number of amides is 2. The fourth-order valence-electron chi connectivity index (χ4n) is 4.29. The van der Waals surface area contributed by atoms with Crippen LogP contribution in [0.1, 0.15) is 30.9 Å². The first-order chi connectivity index (χ1) is 14.6. The van der Waals surface area contributed by atoms with Crippen molar-refractivity contribution >= 4 is 34.5 Å². The smallest absolute Gasteiger partial charge is 0.253 e. The molecule has 2 aliphatic rings. The van der Waals surface area contributed by atoms with E-state index >= 15 is 0 Å². The highest BCUT2D eigenvalue weighted by atomic mass is 16.5. The molecule has 3 heterocycles. The number of carbonyl (C=O) groups is 2. The van der Waals surface area contributed by atoms with Crippen molar-refractivity contribution in [1.29, 1.82) is 0 Å². The van der Waals surface area contributed by atoms with Gasteiger partial charge in [0.2, 0.25) is 11.9 Å². The molecule has 0 aliphatic carbocycles. The zero-order valence-corrected chi connectivity index (χ0v) is 16.9. The van der Waals surface area contributed by atoms with Gasteiger partial charge in [0.05, 0.1) is 30.1 Å². The second-order valence-electron chi connectivity index (χ2n) is 7.99. The van der Waals surface area contributed by atoms with Crippen molar-refractivity contribution in [2.24, 2.45) is 0 Å². The Morgan fingerprint density at radius 2 is 2.00 bits per heavy atom. The van der Waals surface area contributed by atoms with E-state index in [1.54, 1.807) is 4.90 Å². The molecule has 2 aromatic carbocycles. The topological polar surface area (TPSA) is 76.5 Å². The summed E-state index contributed by atoms with van der Waals surface area (Å²) in [6.45, 7) is 3.20. The molecule has 3 aromatic rings. The molecule has 7 heteroatoms. The number of aromatic nitrogens is 2. The number of rotatable bonds is 5. The maximum Gasteiger partial charge on any atom is 0.253 e. The van der Waals surface area contributed by atoms with E-state index in [-0.39, 0.29) is 24.3 Å². The molecule has 1 aromatic heterocycles. The number of carbonyl (C=O) groups excluding carboxylic acids is 2. The normalized spacial score (nSPS) is 20.7. The van der Waals surface area contributed by atoms with Crippen molar-refractivity contribution in [3.05, 3.63) is 54.1 Å². The molecule has 0 radical (unpaired) electrons. The molecular weight excluding hydrogens is 380 g/mol. The van der Waals surface area contributed by atoms with E-state index in [9.17, 15) is 9.59 Å². The molecule has 1 fully saturated rings. The summed E-state index contributed by atoms with van der Waals surface area (Å²) in [5.41, 5.74) is 3.53. The van der Waals surface area contributed by atoms with Gasteiger partial charge in [0, 0.05) is 12.3 Å². The summed E-state index contributed by atoms with van der Waals surface area (Å²) in [5, 5.41) is 2.91. The Morgan fingerprint density at radius 3 is 2.77 bits per heavy atom. The van der Waals surface area contributed by atoms with E-state index < -0.39 is 6.04 Å². The number of aryl methyl sites for hydroxylation is 1. The number of ether oxygens (including phenoxy) is 1. The third-order valence-corrected chi connectivity index (χ3v) is 5.81. The Balaban J connectivity index is 1.43. The molecular formula is C23H24N4O3. The van der Waals surface area contributed by atoms with Crippen LogP contribution >= 0.6 is 0 Å². The van der Waals surface area contributed by atoms with E-state index in [1.807, 2.05) is 60.0 Å². The van der Waals surface area contributed by atoms with Crippen LogP contribution in [-0.2, 0) is 14.3 Å². The number of nitrogens with zero attached hydrogens (tertiary/aromatic N) is 3. The summed E-state index contributed by atoms with van der Waals surface area (Å²) in [7, 11) is 0. The fourth-order valence-corrected chi connectivity index (χ4v) is 4.29. The lowest BCUT2D eigenvalue weighted by molar-refractivity contribution is -0.124. The molecule has 7 nitrogen and oxygen atoms in total. The molecule has 2 aliphatic heterocycles. The van der Waals surface area contributed by atoms with Gasteiger partial charge in [0.1, 0.15) is 6.04 Å². The van der Waals surface area contributed by atoms with Gasteiger partial charge in [-0.3, -0.25) is 19.1 Å². The van der Waals surface area contributed by atoms with E-state index in [2.05, 4.69) is 5.32 Å². The summed E-state index contributed by atoms with van der Waals surface area (Å²) in [4.78, 5) is 32.5. The molecule has 5 rings (SSSR count). The number of hydrogen-bond acceptors (Lipinski definition) is 4. The maximum atomic E-state index is 13.3. The number of benzene rings is 2. The number of imidazole rings is 1. The van der Waals surface area contributed by atoms with Crippen LogP contribution in [0.2, 0.25) is 0 Å². The first kappa shape index (κ1) is 18.8. The minimum absolute atomic E-state index is 0.0161. The Hall–Kier alpha value is -3.19. The van der Waals surface area contributed by atoms with Gasteiger partial charge in [-0.25, -0.2) is 4.98 Å². The van der Waals surface area contributed by atoms with Crippen LogP contribution in [0.15, 0.2) is 48.5 Å². The van der Waals surface area contributed by atoms with Crippen LogP contribution in [0.25, 0.3) is 11.0 Å². The number of anilines is 2. The standard InChI is InChI=1S/C23H24N4O3/c1-15-8-10-16(11-9-15)24-21(28)13-20-22(29)26(14-17-5-4-12-30-17)23-25-18-6-2-3-7-19(18)27(20)23/h2-3,6-11,17,20H,4-5,12-14H2,1H3,(H,24,28). The summed E-state index contributed by atoms with van der Waals surface area (Å²) >= 11 is 0. The molecule has 30 heavy (non-hydrogen) atoms. The summed E-state index contributed by atoms with van der Waals surface area (Å²) in [6, 6.07) is 14.7. The van der Waals surface area contributed by atoms with Gasteiger partial charge in [0.15, 0.2) is 0 Å². The molecule has 154 valence electrons. The maximum absolute atomic E-state index is 13.3. The van der Waals surface area contributed by atoms with Crippen LogP contribution in [0.4, 0.5) is 11.6 Å². The van der Waals surface area contributed by atoms with Crippen molar-refractivity contribution in [2.75, 3.05) is 23.4 Å². The molecule has 2 amide bonds. The minimum Gasteiger partial charge on any atom is -0.376 e. The van der Waals surface area contributed by atoms with Gasteiger partial charge in [-0.05, 0) is 44.0 Å². The second-order valence-corrected chi connectivity index (χ2v) is 7.99. The van der Waals surface area contributed by atoms with Crippen molar-refractivity contribution in [1.82, 2.24) is 9.55 Å². The van der Waals surface area contributed by atoms with Crippen molar-refractivity contribution in [2.45, 2.75) is 38.3 Å². The SMILES string of the molecule is Cc1ccc(NC(=O)CC2C(=O)N(CC3CCCO3)c3nc4ccccc4n32)cc1. The van der Waals surface area contributed by atoms with Crippen molar-refractivity contribution in [3.8, 4) is 0 Å².